The maximum absolute atomic E-state index is 11.8. The first-order valence-corrected chi connectivity index (χ1v) is 5.16. The van der Waals surface area contributed by atoms with Gasteiger partial charge in [0.1, 0.15) is 17.1 Å². The number of hydrogen-bond donors (Lipinski definition) is 1. The highest BCUT2D eigenvalue weighted by Crippen LogP contribution is 2.16. The average Bonchev–Trinajstić information content (AvgIpc) is 2.77. The highest BCUT2D eigenvalue weighted by Gasteiger charge is 2.15. The highest BCUT2D eigenvalue weighted by atomic mass is 16.4. The van der Waals surface area contributed by atoms with Gasteiger partial charge in [-0.15, -0.1) is 0 Å². The molecule has 2 aromatic heterocycles. The van der Waals surface area contributed by atoms with Crippen molar-refractivity contribution in [2.75, 3.05) is 0 Å². The molecule has 0 amide bonds. The quantitative estimate of drug-likeness (QED) is 0.662. The van der Waals surface area contributed by atoms with Crippen molar-refractivity contribution in [1.82, 2.24) is 0 Å². The molecule has 0 bridgehead atoms. The molecule has 2 aromatic rings. The van der Waals surface area contributed by atoms with Crippen LogP contribution in [0.1, 0.15) is 21.7 Å². The molecule has 1 N–H and O–H groups in total. The van der Waals surface area contributed by atoms with Crippen LogP contribution in [0.4, 0.5) is 0 Å². The van der Waals surface area contributed by atoms with Crippen molar-refractivity contribution in [2.45, 2.75) is 6.92 Å². The van der Waals surface area contributed by atoms with Crippen molar-refractivity contribution in [1.29, 1.82) is 0 Å². The van der Waals surface area contributed by atoms with Crippen LogP contribution >= 0.6 is 0 Å². The third-order valence-electron chi connectivity index (χ3n) is 2.27. The van der Waals surface area contributed by atoms with Crippen LogP contribution in [0.3, 0.4) is 0 Å². The Morgan fingerprint density at radius 2 is 2.22 bits per heavy atom. The van der Waals surface area contributed by atoms with Crippen LogP contribution in [-0.2, 0) is 0 Å². The topological polar surface area (TPSA) is 80.6 Å². The van der Waals surface area contributed by atoms with E-state index in [1.807, 2.05) is 0 Å². The number of carbonyl (C=O) groups is 1. The summed E-state index contributed by atoms with van der Waals surface area (Å²) in [6.07, 6.45) is 5.56. The molecule has 0 spiro atoms. The van der Waals surface area contributed by atoms with Gasteiger partial charge in [0.15, 0.2) is 5.78 Å². The van der Waals surface area contributed by atoms with Gasteiger partial charge in [-0.3, -0.25) is 4.79 Å². The van der Waals surface area contributed by atoms with Gasteiger partial charge >= 0.3 is 5.63 Å². The zero-order valence-electron chi connectivity index (χ0n) is 9.54. The van der Waals surface area contributed by atoms with Crippen LogP contribution in [0.5, 0.6) is 5.75 Å². The fourth-order valence-corrected chi connectivity index (χ4v) is 1.45. The summed E-state index contributed by atoms with van der Waals surface area (Å²) in [4.78, 5) is 23.2. The Morgan fingerprint density at radius 3 is 2.83 bits per heavy atom. The van der Waals surface area contributed by atoms with E-state index >= 15 is 0 Å². The van der Waals surface area contributed by atoms with Crippen molar-refractivity contribution in [3.63, 3.8) is 0 Å². The van der Waals surface area contributed by atoms with Crippen molar-refractivity contribution in [3.8, 4) is 5.75 Å². The predicted molar refractivity (Wildman–Crippen MR) is 63.5 cm³/mol. The van der Waals surface area contributed by atoms with Crippen LogP contribution in [0.2, 0.25) is 0 Å². The fourth-order valence-electron chi connectivity index (χ4n) is 1.45. The molecule has 0 radical (unpaired) electrons. The number of aryl methyl sites for hydroxylation is 1. The Morgan fingerprint density at radius 1 is 1.44 bits per heavy atom. The molecule has 0 unspecified atom stereocenters. The summed E-state index contributed by atoms with van der Waals surface area (Å²) in [5.41, 5.74) is -0.547. The minimum atomic E-state index is -0.852. The van der Waals surface area contributed by atoms with Gasteiger partial charge in [0.25, 0.3) is 0 Å². The number of carbonyl (C=O) groups excluding carboxylic acids is 1. The zero-order chi connectivity index (χ0) is 13.1. The molecule has 0 saturated carbocycles. The molecule has 92 valence electrons. The number of allylic oxidation sites excluding steroid dienone is 1. The molecule has 0 aliphatic carbocycles. The summed E-state index contributed by atoms with van der Waals surface area (Å²) in [5.74, 6) is -0.763. The second-order valence-corrected chi connectivity index (χ2v) is 3.66. The van der Waals surface area contributed by atoms with Crippen LogP contribution in [-0.4, -0.2) is 10.9 Å². The summed E-state index contributed by atoms with van der Waals surface area (Å²) in [6.45, 7) is 1.51. The van der Waals surface area contributed by atoms with E-state index in [9.17, 15) is 14.7 Å². The molecule has 0 aromatic carbocycles. The molecule has 0 aliphatic heterocycles. The van der Waals surface area contributed by atoms with Crippen molar-refractivity contribution < 1.29 is 18.7 Å². The van der Waals surface area contributed by atoms with Crippen LogP contribution in [0, 0.1) is 6.92 Å². The lowest BCUT2D eigenvalue weighted by Gasteiger charge is -1.99. The van der Waals surface area contributed by atoms with Gasteiger partial charge in [0.2, 0.25) is 0 Å². The maximum atomic E-state index is 11.8. The predicted octanol–water partition coefficient (Wildman–Crippen LogP) is 2.14. The van der Waals surface area contributed by atoms with Gasteiger partial charge < -0.3 is 13.9 Å². The summed E-state index contributed by atoms with van der Waals surface area (Å²) >= 11 is 0. The standard InChI is InChI=1S/C13H10O5/c1-8-6-11(15)12(13(16)18-8)10(14)3-2-9-4-5-17-7-9/h2-7,15H,1H3/b3-2+. The Kier molecular flexibility index (Phi) is 3.14. The Hall–Kier alpha value is -2.56. The molecule has 2 heterocycles. The van der Waals surface area contributed by atoms with E-state index in [2.05, 4.69) is 0 Å². The van der Waals surface area contributed by atoms with Gasteiger partial charge in [0, 0.05) is 11.6 Å². The first-order valence-electron chi connectivity index (χ1n) is 5.16. The SMILES string of the molecule is Cc1cc(O)c(C(=O)/C=C/c2ccoc2)c(=O)o1. The zero-order valence-corrected chi connectivity index (χ0v) is 9.54. The smallest absolute Gasteiger partial charge is 0.351 e. The van der Waals surface area contributed by atoms with Crippen LogP contribution in [0.15, 0.2) is 44.4 Å². The molecule has 0 atom stereocenters. The second kappa shape index (κ2) is 4.75. The van der Waals surface area contributed by atoms with Crippen LogP contribution in [0.25, 0.3) is 6.08 Å². The fraction of sp³-hybridized carbons (Fsp3) is 0.0769. The van der Waals surface area contributed by atoms with Crippen LogP contribution < -0.4 is 5.63 Å². The van der Waals surface area contributed by atoms with Crippen molar-refractivity contribution >= 4 is 11.9 Å². The lowest BCUT2D eigenvalue weighted by Crippen LogP contribution is -2.12. The number of rotatable bonds is 3. The Bertz CT molecular complexity index is 647. The van der Waals surface area contributed by atoms with Gasteiger partial charge in [-0.1, -0.05) is 0 Å². The van der Waals surface area contributed by atoms with E-state index in [0.717, 1.165) is 0 Å². The normalized spacial score (nSPS) is 10.9. The number of ketones is 1. The van der Waals surface area contributed by atoms with Gasteiger partial charge in [0.05, 0.1) is 12.5 Å². The largest absolute Gasteiger partial charge is 0.507 e. The van der Waals surface area contributed by atoms with E-state index in [4.69, 9.17) is 8.83 Å². The summed E-state index contributed by atoms with van der Waals surface area (Å²) in [7, 11) is 0. The van der Waals surface area contributed by atoms with E-state index in [1.54, 1.807) is 6.07 Å². The second-order valence-electron chi connectivity index (χ2n) is 3.66. The molecular formula is C13H10O5. The molecule has 0 saturated heterocycles. The van der Waals surface area contributed by atoms with Gasteiger partial charge in [-0.2, -0.15) is 0 Å². The minimum Gasteiger partial charge on any atom is -0.507 e. The van der Waals surface area contributed by atoms with Crippen molar-refractivity contribution in [3.05, 3.63) is 58.0 Å². The lowest BCUT2D eigenvalue weighted by molar-refractivity contribution is 0.104. The van der Waals surface area contributed by atoms with E-state index < -0.39 is 11.4 Å². The summed E-state index contributed by atoms with van der Waals surface area (Å²) in [6, 6.07) is 2.88. The molecular weight excluding hydrogens is 236 g/mol. The molecule has 5 heteroatoms. The van der Waals surface area contributed by atoms with E-state index in [0.29, 0.717) is 5.56 Å². The minimum absolute atomic E-state index is 0.243. The lowest BCUT2D eigenvalue weighted by atomic mass is 10.1. The first-order chi connectivity index (χ1) is 8.58. The summed E-state index contributed by atoms with van der Waals surface area (Å²) < 4.78 is 9.58. The Labute approximate surface area is 102 Å². The molecule has 18 heavy (non-hydrogen) atoms. The monoisotopic (exact) mass is 246 g/mol. The Balaban J connectivity index is 2.33. The highest BCUT2D eigenvalue weighted by molar-refractivity contribution is 6.08. The third kappa shape index (κ3) is 2.40. The summed E-state index contributed by atoms with van der Waals surface area (Å²) in [5, 5.41) is 9.57. The number of furan rings is 1. The maximum Gasteiger partial charge on any atom is 0.351 e. The molecule has 2 rings (SSSR count). The molecule has 0 aliphatic rings. The van der Waals surface area contributed by atoms with E-state index in [-0.39, 0.29) is 17.1 Å². The third-order valence-corrected chi connectivity index (χ3v) is 2.27. The van der Waals surface area contributed by atoms with Gasteiger partial charge in [-0.05, 0) is 25.1 Å². The number of aromatic hydroxyl groups is 1. The molecule has 5 nitrogen and oxygen atoms in total. The molecule has 0 fully saturated rings. The van der Waals surface area contributed by atoms with Crippen molar-refractivity contribution in [2.24, 2.45) is 0 Å². The number of hydrogen-bond acceptors (Lipinski definition) is 5. The van der Waals surface area contributed by atoms with E-state index in [1.165, 1.54) is 37.7 Å². The average molecular weight is 246 g/mol. The van der Waals surface area contributed by atoms with Gasteiger partial charge in [-0.25, -0.2) is 4.79 Å². The first kappa shape index (κ1) is 11.9.